The van der Waals surface area contributed by atoms with Crippen LogP contribution in [0.25, 0.3) is 0 Å². The quantitative estimate of drug-likeness (QED) is 0.729. The van der Waals surface area contributed by atoms with Gasteiger partial charge in [0.1, 0.15) is 6.04 Å². The van der Waals surface area contributed by atoms with E-state index in [4.69, 9.17) is 4.74 Å². The summed E-state index contributed by atoms with van der Waals surface area (Å²) in [5.74, 6) is -1.13. The molecule has 2 heterocycles. The summed E-state index contributed by atoms with van der Waals surface area (Å²) in [4.78, 5) is 38.9. The molecule has 26 heavy (non-hydrogen) atoms. The van der Waals surface area contributed by atoms with E-state index in [0.717, 1.165) is 10.9 Å². The molecule has 136 valence electrons. The second kappa shape index (κ2) is 8.46. The molecule has 0 aliphatic carbocycles. The van der Waals surface area contributed by atoms with Gasteiger partial charge in [0.25, 0.3) is 11.8 Å². The van der Waals surface area contributed by atoms with Crippen molar-refractivity contribution in [1.82, 2.24) is 4.90 Å². The molecule has 1 aromatic carbocycles. The third-order valence-electron chi connectivity index (χ3n) is 3.99. The number of hydrogen-bond donors (Lipinski definition) is 1. The first kappa shape index (κ1) is 18.6. The van der Waals surface area contributed by atoms with Crippen LogP contribution >= 0.6 is 27.3 Å². The molecule has 0 saturated carbocycles. The van der Waals surface area contributed by atoms with Crippen LogP contribution in [-0.4, -0.2) is 41.9 Å². The van der Waals surface area contributed by atoms with Gasteiger partial charge in [0.15, 0.2) is 6.61 Å². The Bertz CT molecular complexity index is 792. The van der Waals surface area contributed by atoms with Crippen molar-refractivity contribution in [2.24, 2.45) is 0 Å². The number of amides is 2. The average molecular weight is 437 g/mol. The Morgan fingerprint density at radius 3 is 2.69 bits per heavy atom. The van der Waals surface area contributed by atoms with Crippen molar-refractivity contribution in [1.29, 1.82) is 0 Å². The fourth-order valence-corrected chi connectivity index (χ4v) is 3.70. The van der Waals surface area contributed by atoms with Gasteiger partial charge in [0.2, 0.25) is 0 Å². The highest BCUT2D eigenvalue weighted by atomic mass is 79.9. The summed E-state index contributed by atoms with van der Waals surface area (Å²) in [7, 11) is 0. The summed E-state index contributed by atoms with van der Waals surface area (Å²) < 4.78 is 6.03. The molecule has 1 aliphatic rings. The summed E-state index contributed by atoms with van der Waals surface area (Å²) in [6.07, 6.45) is 1.28. The molecule has 8 heteroatoms. The van der Waals surface area contributed by atoms with E-state index in [1.807, 2.05) is 5.38 Å². The van der Waals surface area contributed by atoms with Crippen LogP contribution < -0.4 is 5.32 Å². The fraction of sp³-hybridized carbons (Fsp3) is 0.278. The zero-order chi connectivity index (χ0) is 18.5. The van der Waals surface area contributed by atoms with E-state index in [0.29, 0.717) is 23.5 Å². The fourth-order valence-electron chi connectivity index (χ4n) is 2.76. The minimum absolute atomic E-state index is 0.168. The van der Waals surface area contributed by atoms with E-state index in [2.05, 4.69) is 21.2 Å². The van der Waals surface area contributed by atoms with Crippen LogP contribution in [0, 0.1) is 0 Å². The number of ether oxygens (including phenoxy) is 1. The zero-order valence-electron chi connectivity index (χ0n) is 13.8. The second-order valence-electron chi connectivity index (χ2n) is 5.80. The molecule has 0 bridgehead atoms. The maximum atomic E-state index is 12.5. The Labute approximate surface area is 163 Å². The van der Waals surface area contributed by atoms with E-state index in [1.54, 1.807) is 36.4 Å². The van der Waals surface area contributed by atoms with Gasteiger partial charge in [0, 0.05) is 16.7 Å². The summed E-state index contributed by atoms with van der Waals surface area (Å²) in [5.41, 5.74) is 0.615. The smallest absolute Gasteiger partial charge is 0.329 e. The van der Waals surface area contributed by atoms with Gasteiger partial charge in [-0.05, 0) is 48.6 Å². The number of carbonyl (C=O) groups is 3. The maximum Gasteiger partial charge on any atom is 0.329 e. The van der Waals surface area contributed by atoms with Crippen molar-refractivity contribution in [3.05, 3.63) is 51.1 Å². The van der Waals surface area contributed by atoms with Crippen molar-refractivity contribution < 1.29 is 19.1 Å². The minimum Gasteiger partial charge on any atom is -0.454 e. The van der Waals surface area contributed by atoms with Crippen molar-refractivity contribution in [2.75, 3.05) is 18.5 Å². The molecule has 2 aromatic rings. The number of likely N-dealkylation sites (tertiary alicyclic amines) is 1. The molecule has 0 radical (unpaired) electrons. The van der Waals surface area contributed by atoms with Gasteiger partial charge in [-0.2, -0.15) is 0 Å². The molecule has 0 spiro atoms. The normalized spacial score (nSPS) is 16.3. The largest absolute Gasteiger partial charge is 0.454 e. The molecule has 1 saturated heterocycles. The summed E-state index contributed by atoms with van der Waals surface area (Å²) in [6, 6.07) is 9.98. The SMILES string of the molecule is O=C(COC(=O)[C@@H]1CCCN1C(=O)c1cccs1)Nc1ccc(Br)cc1. The minimum atomic E-state index is -0.634. The predicted molar refractivity (Wildman–Crippen MR) is 102 cm³/mol. The van der Waals surface area contributed by atoms with Gasteiger partial charge in [-0.3, -0.25) is 9.59 Å². The highest BCUT2D eigenvalue weighted by Gasteiger charge is 2.36. The molecule has 2 amide bonds. The summed E-state index contributed by atoms with van der Waals surface area (Å²) in [5, 5.41) is 4.48. The molecule has 1 fully saturated rings. The Kier molecular flexibility index (Phi) is 6.05. The molecule has 1 atom stereocenters. The first-order chi connectivity index (χ1) is 12.5. The number of nitrogens with one attached hydrogen (secondary N) is 1. The predicted octanol–water partition coefficient (Wildman–Crippen LogP) is 3.30. The average Bonchev–Trinajstić information content (AvgIpc) is 3.33. The number of anilines is 1. The molecule has 1 aliphatic heterocycles. The number of halogens is 1. The lowest BCUT2D eigenvalue weighted by Crippen LogP contribution is -2.41. The first-order valence-corrected chi connectivity index (χ1v) is 9.78. The van der Waals surface area contributed by atoms with Crippen molar-refractivity contribution in [3.8, 4) is 0 Å². The van der Waals surface area contributed by atoms with Gasteiger partial charge >= 0.3 is 5.97 Å². The van der Waals surface area contributed by atoms with E-state index in [9.17, 15) is 14.4 Å². The molecule has 0 unspecified atom stereocenters. The molecular weight excluding hydrogens is 420 g/mol. The van der Waals surface area contributed by atoms with Crippen LogP contribution in [0.5, 0.6) is 0 Å². The number of esters is 1. The summed E-state index contributed by atoms with van der Waals surface area (Å²) in [6.45, 7) is 0.133. The first-order valence-electron chi connectivity index (χ1n) is 8.11. The van der Waals surface area contributed by atoms with Gasteiger partial charge in [-0.15, -0.1) is 11.3 Å². The van der Waals surface area contributed by atoms with Crippen molar-refractivity contribution in [2.45, 2.75) is 18.9 Å². The third-order valence-corrected chi connectivity index (χ3v) is 5.38. The second-order valence-corrected chi connectivity index (χ2v) is 7.66. The van der Waals surface area contributed by atoms with E-state index >= 15 is 0 Å². The Morgan fingerprint density at radius 1 is 1.23 bits per heavy atom. The van der Waals surface area contributed by atoms with Crippen molar-refractivity contribution >= 4 is 50.7 Å². The molecule has 1 aromatic heterocycles. The number of benzene rings is 1. The Morgan fingerprint density at radius 2 is 2.00 bits per heavy atom. The Balaban J connectivity index is 1.53. The van der Waals surface area contributed by atoms with E-state index in [-0.39, 0.29) is 12.5 Å². The number of carbonyl (C=O) groups excluding carboxylic acids is 3. The van der Waals surface area contributed by atoms with Crippen LogP contribution in [0.1, 0.15) is 22.5 Å². The van der Waals surface area contributed by atoms with Crippen LogP contribution in [0.4, 0.5) is 5.69 Å². The van der Waals surface area contributed by atoms with Crippen LogP contribution in [0.2, 0.25) is 0 Å². The van der Waals surface area contributed by atoms with Gasteiger partial charge < -0.3 is 15.0 Å². The highest BCUT2D eigenvalue weighted by molar-refractivity contribution is 9.10. The molecule has 6 nitrogen and oxygen atoms in total. The van der Waals surface area contributed by atoms with Crippen LogP contribution in [-0.2, 0) is 14.3 Å². The summed E-state index contributed by atoms with van der Waals surface area (Å²) >= 11 is 4.66. The number of thiophene rings is 1. The topological polar surface area (TPSA) is 75.7 Å². The van der Waals surface area contributed by atoms with Gasteiger partial charge in [-0.1, -0.05) is 22.0 Å². The van der Waals surface area contributed by atoms with E-state index < -0.39 is 17.9 Å². The monoisotopic (exact) mass is 436 g/mol. The number of hydrogen-bond acceptors (Lipinski definition) is 5. The van der Waals surface area contributed by atoms with Gasteiger partial charge in [-0.25, -0.2) is 4.79 Å². The molecular formula is C18H17BrN2O4S. The lowest BCUT2D eigenvalue weighted by molar-refractivity contribution is -0.151. The molecule has 1 N–H and O–H groups in total. The Hall–Kier alpha value is -2.19. The van der Waals surface area contributed by atoms with Crippen molar-refractivity contribution in [3.63, 3.8) is 0 Å². The zero-order valence-corrected chi connectivity index (χ0v) is 16.2. The van der Waals surface area contributed by atoms with Crippen LogP contribution in [0.3, 0.4) is 0 Å². The number of nitrogens with zero attached hydrogens (tertiary/aromatic N) is 1. The van der Waals surface area contributed by atoms with Gasteiger partial charge in [0.05, 0.1) is 4.88 Å². The number of rotatable bonds is 5. The van der Waals surface area contributed by atoms with E-state index in [1.165, 1.54) is 16.2 Å². The third kappa shape index (κ3) is 4.50. The maximum absolute atomic E-state index is 12.5. The standard InChI is InChI=1S/C18H17BrN2O4S/c19-12-5-7-13(8-6-12)20-16(22)11-25-18(24)14-3-1-9-21(14)17(23)15-4-2-10-26-15/h2,4-8,10,14H,1,3,9,11H2,(H,20,22)/t14-/m0/s1. The highest BCUT2D eigenvalue weighted by Crippen LogP contribution is 2.23. The lowest BCUT2D eigenvalue weighted by Gasteiger charge is -2.22. The van der Waals surface area contributed by atoms with Crippen LogP contribution in [0.15, 0.2) is 46.3 Å². The molecule has 3 rings (SSSR count). The lowest BCUT2D eigenvalue weighted by atomic mass is 10.2.